The second-order valence-electron chi connectivity index (χ2n) is 8.92. The van der Waals surface area contributed by atoms with Crippen LogP contribution in [0.15, 0.2) is 53.1 Å². The van der Waals surface area contributed by atoms with Crippen molar-refractivity contribution in [3.8, 4) is 11.3 Å². The van der Waals surface area contributed by atoms with Crippen LogP contribution in [0.1, 0.15) is 42.2 Å². The van der Waals surface area contributed by atoms with Crippen LogP contribution >= 0.6 is 0 Å². The Morgan fingerprint density at radius 2 is 1.67 bits per heavy atom. The molecule has 9 nitrogen and oxygen atoms in total. The van der Waals surface area contributed by atoms with Gasteiger partial charge in [-0.15, -0.1) is 15.3 Å². The van der Waals surface area contributed by atoms with Crippen molar-refractivity contribution in [2.75, 3.05) is 6.61 Å². The molecule has 2 aliphatic rings. The number of hydrogen-bond acceptors (Lipinski definition) is 8. The Balaban J connectivity index is 1.34. The number of aromatic nitrogens is 5. The molecule has 2 aromatic heterocycles. The molecule has 2 fully saturated rings. The first-order valence-corrected chi connectivity index (χ1v) is 11.6. The van der Waals surface area contributed by atoms with Gasteiger partial charge in [0, 0.05) is 17.5 Å². The normalized spacial score (nSPS) is 25.4. The van der Waals surface area contributed by atoms with Crippen LogP contribution in [0.5, 0.6) is 0 Å². The molecule has 4 heterocycles. The number of hydrogen-bond donors (Lipinski definition) is 0. The van der Waals surface area contributed by atoms with E-state index in [0.717, 1.165) is 17.7 Å². The van der Waals surface area contributed by atoms with Crippen LogP contribution in [-0.2, 0) is 20.4 Å². The third-order valence-corrected chi connectivity index (χ3v) is 6.39. The van der Waals surface area contributed by atoms with Gasteiger partial charge in [-0.3, -0.25) is 0 Å². The molecular weight excluding hydrogens is 536 g/mol. The lowest BCUT2D eigenvalue weighted by Gasteiger charge is -2.45. The third kappa shape index (κ3) is 4.88. The quantitative estimate of drug-likeness (QED) is 0.259. The Morgan fingerprint density at radius 3 is 2.36 bits per heavy atom. The van der Waals surface area contributed by atoms with E-state index in [2.05, 4.69) is 20.5 Å². The average Bonchev–Trinajstić information content (AvgIpc) is 3.62. The van der Waals surface area contributed by atoms with Gasteiger partial charge in [0.25, 0.3) is 0 Å². The van der Waals surface area contributed by atoms with Crippen molar-refractivity contribution in [3.05, 3.63) is 83.5 Å². The largest absolute Gasteiger partial charge is 0.470 e. The number of ether oxygens (including phenoxy) is 3. The number of nitrogens with zero attached hydrogens (tertiary/aromatic N) is 5. The van der Waals surface area contributed by atoms with E-state index in [4.69, 9.17) is 18.6 Å². The van der Waals surface area contributed by atoms with E-state index < -0.39 is 66.1 Å². The Hall–Kier alpha value is -3.82. The molecule has 0 bridgehead atoms. The van der Waals surface area contributed by atoms with Crippen molar-refractivity contribution in [1.29, 1.82) is 0 Å². The zero-order valence-electron chi connectivity index (χ0n) is 19.6. The molecule has 0 aliphatic carbocycles. The van der Waals surface area contributed by atoms with Crippen LogP contribution in [0, 0.1) is 17.5 Å². The molecule has 2 aromatic carbocycles. The van der Waals surface area contributed by atoms with Crippen molar-refractivity contribution >= 4 is 0 Å². The van der Waals surface area contributed by atoms with Crippen LogP contribution in [0.4, 0.5) is 26.3 Å². The monoisotopic (exact) mass is 553 g/mol. The van der Waals surface area contributed by atoms with E-state index in [1.54, 1.807) is 24.3 Å². The smallest absolute Gasteiger partial charge is 0.415 e. The molecule has 0 saturated carbocycles. The fraction of sp³-hybridized carbons (Fsp3) is 0.333. The van der Waals surface area contributed by atoms with E-state index >= 15 is 0 Å². The summed E-state index contributed by atoms with van der Waals surface area (Å²) in [4.78, 5) is 0. The predicted molar refractivity (Wildman–Crippen MR) is 116 cm³/mol. The lowest BCUT2D eigenvalue weighted by Crippen LogP contribution is -2.51. The van der Waals surface area contributed by atoms with Gasteiger partial charge in [-0.2, -0.15) is 13.2 Å². The van der Waals surface area contributed by atoms with Crippen LogP contribution in [-0.4, -0.2) is 44.0 Å². The summed E-state index contributed by atoms with van der Waals surface area (Å²) in [5.74, 6) is -6.36. The second kappa shape index (κ2) is 9.73. The molecule has 6 rings (SSSR count). The highest BCUT2D eigenvalue weighted by Crippen LogP contribution is 2.44. The number of rotatable bonds is 4. The number of benzene rings is 2. The molecule has 0 amide bonds. The molecule has 39 heavy (non-hydrogen) atoms. The topological polar surface area (TPSA) is 97.3 Å². The standard InChI is InChI=1S/C24H17F6N5O4/c25-13-6-12(7-14(26)19(13)27)15-9-35(34-31-15)16-8-17(21-32-33-23(39-21)24(28,29)30)37-18-10-36-22(38-20(16)18)11-4-2-1-3-5-11/h1-7,9,16-18,20,22H,8,10H2/t16-,17-,18-,20-,22?/m1/s1. The van der Waals surface area contributed by atoms with Crippen LogP contribution in [0.25, 0.3) is 11.3 Å². The average molecular weight is 553 g/mol. The Labute approximate surface area is 215 Å². The summed E-state index contributed by atoms with van der Waals surface area (Å²) in [5, 5.41) is 14.6. The van der Waals surface area contributed by atoms with Gasteiger partial charge in [-0.1, -0.05) is 35.5 Å². The van der Waals surface area contributed by atoms with Gasteiger partial charge in [0.05, 0.1) is 18.8 Å². The van der Waals surface area contributed by atoms with E-state index in [1.165, 1.54) is 10.9 Å². The van der Waals surface area contributed by atoms with Gasteiger partial charge in [0.15, 0.2) is 23.7 Å². The highest BCUT2D eigenvalue weighted by molar-refractivity contribution is 5.57. The van der Waals surface area contributed by atoms with Crippen LogP contribution in [0.3, 0.4) is 0 Å². The predicted octanol–water partition coefficient (Wildman–Crippen LogP) is 4.95. The summed E-state index contributed by atoms with van der Waals surface area (Å²) in [5.41, 5.74) is 0.677. The molecule has 0 spiro atoms. The zero-order chi connectivity index (χ0) is 27.3. The summed E-state index contributed by atoms with van der Waals surface area (Å²) in [6.07, 6.45) is -6.90. The van der Waals surface area contributed by atoms with Crippen molar-refractivity contribution < 1.29 is 45.0 Å². The first-order valence-electron chi connectivity index (χ1n) is 11.6. The Morgan fingerprint density at radius 1 is 0.923 bits per heavy atom. The van der Waals surface area contributed by atoms with Gasteiger partial charge in [-0.05, 0) is 12.1 Å². The van der Waals surface area contributed by atoms with Gasteiger partial charge in [0.2, 0.25) is 5.89 Å². The third-order valence-electron chi connectivity index (χ3n) is 6.39. The van der Waals surface area contributed by atoms with Gasteiger partial charge in [-0.25, -0.2) is 17.9 Å². The maximum Gasteiger partial charge on any atom is 0.470 e. The van der Waals surface area contributed by atoms with E-state index in [1.807, 2.05) is 6.07 Å². The molecule has 2 saturated heterocycles. The van der Waals surface area contributed by atoms with Crippen molar-refractivity contribution in [2.45, 2.75) is 43.2 Å². The van der Waals surface area contributed by atoms with E-state index in [0.29, 0.717) is 0 Å². The molecule has 5 atom stereocenters. The lowest BCUT2D eigenvalue weighted by atomic mass is 9.94. The fourth-order valence-electron chi connectivity index (χ4n) is 4.58. The van der Waals surface area contributed by atoms with Gasteiger partial charge in [0.1, 0.15) is 24.0 Å². The molecule has 0 radical (unpaired) electrons. The minimum absolute atomic E-state index is 0.00737. The number of halogens is 6. The van der Waals surface area contributed by atoms with Crippen molar-refractivity contribution in [2.24, 2.45) is 0 Å². The minimum atomic E-state index is -4.84. The van der Waals surface area contributed by atoms with Gasteiger partial charge >= 0.3 is 12.1 Å². The van der Waals surface area contributed by atoms with E-state index in [-0.39, 0.29) is 24.3 Å². The fourth-order valence-corrected chi connectivity index (χ4v) is 4.58. The first kappa shape index (κ1) is 25.5. The number of alkyl halides is 3. The first-order chi connectivity index (χ1) is 18.7. The summed E-state index contributed by atoms with van der Waals surface area (Å²) < 4.78 is 104. The highest BCUT2D eigenvalue weighted by Gasteiger charge is 2.48. The maximum absolute atomic E-state index is 13.8. The Kier molecular flexibility index (Phi) is 6.35. The number of fused-ring (bicyclic) bond motifs is 1. The SMILES string of the molecule is Fc1cc(-c2cn([C@@H]3C[C@H](c4nnc(C(F)(F)F)o4)O[C@@H]4COC(c5ccccc5)O[C@H]34)nn2)cc(F)c1F. The second-order valence-corrected chi connectivity index (χ2v) is 8.92. The minimum Gasteiger partial charge on any atom is -0.415 e. The van der Waals surface area contributed by atoms with Crippen LogP contribution < -0.4 is 0 Å². The molecule has 2 aliphatic heterocycles. The van der Waals surface area contributed by atoms with Gasteiger partial charge < -0.3 is 18.6 Å². The van der Waals surface area contributed by atoms with Crippen molar-refractivity contribution in [3.63, 3.8) is 0 Å². The zero-order valence-corrected chi connectivity index (χ0v) is 19.6. The van der Waals surface area contributed by atoms with Crippen molar-refractivity contribution in [1.82, 2.24) is 25.2 Å². The molecule has 204 valence electrons. The molecular formula is C24H17F6N5O4. The molecule has 1 unspecified atom stereocenters. The maximum atomic E-state index is 13.8. The summed E-state index contributed by atoms with van der Waals surface area (Å²) in [6.45, 7) is 0.00737. The summed E-state index contributed by atoms with van der Waals surface area (Å²) in [7, 11) is 0. The van der Waals surface area contributed by atoms with E-state index in [9.17, 15) is 26.3 Å². The van der Waals surface area contributed by atoms with Crippen LogP contribution in [0.2, 0.25) is 0 Å². The lowest BCUT2D eigenvalue weighted by molar-refractivity contribution is -0.302. The summed E-state index contributed by atoms with van der Waals surface area (Å²) >= 11 is 0. The molecule has 0 N–H and O–H groups in total. The highest BCUT2D eigenvalue weighted by atomic mass is 19.4. The Bertz CT molecular complexity index is 1460. The molecule has 4 aromatic rings. The molecule has 15 heteroatoms. The summed E-state index contributed by atoms with van der Waals surface area (Å²) in [6, 6.07) is 9.86.